The van der Waals surface area contributed by atoms with Gasteiger partial charge in [0.1, 0.15) is 36.6 Å². The quantitative estimate of drug-likeness (QED) is 0.0272. The fraction of sp³-hybridized carbons (Fsp3) is 0.985. The Bertz CT molecular complexity index is 1250. The van der Waals surface area contributed by atoms with Crippen molar-refractivity contribution in [1.82, 2.24) is 5.32 Å². The Kier molecular flexibility index (Phi) is 55.4. The van der Waals surface area contributed by atoms with Gasteiger partial charge in [-0.05, 0) is 12.8 Å². The molecule has 1 fully saturated rings. The Morgan fingerprint density at radius 2 is 0.658 bits per heavy atom. The van der Waals surface area contributed by atoms with Crippen LogP contribution in [0.1, 0.15) is 361 Å². The maximum absolute atomic E-state index is 13.2. The number of rotatable bonds is 62. The Labute approximate surface area is 488 Å². The summed E-state index contributed by atoms with van der Waals surface area (Å²) in [6.45, 7) is 3.52. The number of nitrogens with one attached hydrogen (secondary N) is 1. The van der Waals surface area contributed by atoms with Crippen molar-refractivity contribution in [2.45, 2.75) is 416 Å². The topological polar surface area (TPSA) is 189 Å². The lowest BCUT2D eigenvalue weighted by Gasteiger charge is -2.40. The lowest BCUT2D eigenvalue weighted by atomic mass is 9.98. The van der Waals surface area contributed by atoms with Crippen molar-refractivity contribution in [3.05, 3.63) is 0 Å². The molecule has 0 radical (unpaired) electrons. The van der Waals surface area contributed by atoms with Crippen LogP contribution in [0, 0.1) is 0 Å². The Balaban J connectivity index is 2.14. The van der Waals surface area contributed by atoms with Gasteiger partial charge in [0.05, 0.1) is 25.4 Å². The second-order valence-corrected chi connectivity index (χ2v) is 25.0. The highest BCUT2D eigenvalue weighted by molar-refractivity contribution is 5.80. The highest BCUT2D eigenvalue weighted by Gasteiger charge is 2.44. The summed E-state index contributed by atoms with van der Waals surface area (Å²) in [5, 5.41) is 76.4. The van der Waals surface area contributed by atoms with Gasteiger partial charge in [0, 0.05) is 0 Å². The zero-order valence-electron chi connectivity index (χ0n) is 52.1. The number of aliphatic hydroxyl groups is 7. The number of unbranched alkanes of at least 4 members (excludes halogenated alkanes) is 50. The van der Waals surface area contributed by atoms with E-state index in [2.05, 4.69) is 19.2 Å². The lowest BCUT2D eigenvalue weighted by Crippen LogP contribution is -2.60. The SMILES string of the molecule is CCCCCCCCCCCCCCCCCCCCCCCCCCCCCCCCCCCCC(O)C(=O)NC(COC1OC(CO)C(O)C(O)C1O)C(O)C(O)CCCCCCCCCCCCCCCCCCCC. The molecule has 11 nitrogen and oxygen atoms in total. The fourth-order valence-electron chi connectivity index (χ4n) is 11.8. The molecular formula is C68H135NO10. The number of ether oxygens (including phenoxy) is 2. The van der Waals surface area contributed by atoms with Crippen LogP contribution in [0.25, 0.3) is 0 Å². The summed E-state index contributed by atoms with van der Waals surface area (Å²) in [4.78, 5) is 13.2. The molecule has 0 aromatic carbocycles. The molecule has 0 saturated carbocycles. The normalized spacial score (nSPS) is 19.2. The van der Waals surface area contributed by atoms with Gasteiger partial charge >= 0.3 is 0 Å². The fourth-order valence-corrected chi connectivity index (χ4v) is 11.8. The molecule has 1 amide bonds. The van der Waals surface area contributed by atoms with Crippen molar-refractivity contribution in [3.8, 4) is 0 Å². The van der Waals surface area contributed by atoms with Crippen molar-refractivity contribution in [1.29, 1.82) is 0 Å². The maximum Gasteiger partial charge on any atom is 0.249 e. The summed E-state index contributed by atoms with van der Waals surface area (Å²) >= 11 is 0. The zero-order chi connectivity index (χ0) is 57.5. The van der Waals surface area contributed by atoms with Gasteiger partial charge in [-0.25, -0.2) is 0 Å². The number of hydrogen-bond acceptors (Lipinski definition) is 10. The molecule has 1 aliphatic heterocycles. The second kappa shape index (κ2) is 57.5. The molecule has 8 N–H and O–H groups in total. The van der Waals surface area contributed by atoms with E-state index in [9.17, 15) is 40.5 Å². The molecule has 472 valence electrons. The number of carbonyl (C=O) groups excluding carboxylic acids is 1. The molecule has 0 spiro atoms. The van der Waals surface area contributed by atoms with Gasteiger partial charge in [-0.15, -0.1) is 0 Å². The van der Waals surface area contributed by atoms with E-state index in [-0.39, 0.29) is 6.42 Å². The van der Waals surface area contributed by atoms with Crippen LogP contribution in [0.3, 0.4) is 0 Å². The van der Waals surface area contributed by atoms with E-state index in [4.69, 9.17) is 9.47 Å². The number of aliphatic hydroxyl groups excluding tert-OH is 7. The summed E-state index contributed by atoms with van der Waals surface area (Å²) in [6.07, 6.45) is 57.7. The Morgan fingerprint density at radius 1 is 0.392 bits per heavy atom. The molecule has 0 aliphatic carbocycles. The van der Waals surface area contributed by atoms with Gasteiger partial charge in [0.25, 0.3) is 0 Å². The summed E-state index contributed by atoms with van der Waals surface area (Å²) in [5.74, 6) is -0.687. The Morgan fingerprint density at radius 3 is 0.937 bits per heavy atom. The minimum absolute atomic E-state index is 0.268. The third kappa shape index (κ3) is 45.2. The number of hydrogen-bond donors (Lipinski definition) is 8. The van der Waals surface area contributed by atoms with Crippen LogP contribution in [0.15, 0.2) is 0 Å². The predicted molar refractivity (Wildman–Crippen MR) is 330 cm³/mol. The summed E-state index contributed by atoms with van der Waals surface area (Å²) in [5.41, 5.74) is 0. The third-order valence-electron chi connectivity index (χ3n) is 17.4. The van der Waals surface area contributed by atoms with Crippen LogP contribution in [0.5, 0.6) is 0 Å². The molecule has 11 heteroatoms. The first-order valence-electron chi connectivity index (χ1n) is 34.9. The van der Waals surface area contributed by atoms with E-state index < -0.39 is 74.2 Å². The molecule has 0 aromatic rings. The van der Waals surface area contributed by atoms with E-state index in [0.717, 1.165) is 38.5 Å². The van der Waals surface area contributed by atoms with Crippen molar-refractivity contribution in [3.63, 3.8) is 0 Å². The van der Waals surface area contributed by atoms with Crippen LogP contribution in [0.4, 0.5) is 0 Å². The third-order valence-corrected chi connectivity index (χ3v) is 17.4. The molecule has 79 heavy (non-hydrogen) atoms. The van der Waals surface area contributed by atoms with Gasteiger partial charge in [0.15, 0.2) is 6.29 Å². The summed E-state index contributed by atoms with van der Waals surface area (Å²) < 4.78 is 11.2. The first-order valence-corrected chi connectivity index (χ1v) is 34.9. The highest BCUT2D eigenvalue weighted by Crippen LogP contribution is 2.24. The van der Waals surface area contributed by atoms with E-state index in [1.165, 1.54) is 283 Å². The van der Waals surface area contributed by atoms with Gasteiger partial charge in [-0.2, -0.15) is 0 Å². The van der Waals surface area contributed by atoms with Crippen LogP contribution >= 0.6 is 0 Å². The van der Waals surface area contributed by atoms with Gasteiger partial charge in [0.2, 0.25) is 5.91 Å². The van der Waals surface area contributed by atoms with E-state index in [1.54, 1.807) is 0 Å². The molecule has 1 saturated heterocycles. The van der Waals surface area contributed by atoms with Crippen LogP contribution in [-0.2, 0) is 14.3 Å². The molecule has 1 rings (SSSR count). The molecule has 1 heterocycles. The summed E-state index contributed by atoms with van der Waals surface area (Å²) in [6, 6.07) is -1.16. The standard InChI is InChI=1S/C68H135NO10/c1-3-5-7-9-11-13-15-17-19-21-23-24-25-26-27-28-29-30-31-32-33-34-35-36-37-38-40-42-44-46-48-50-52-54-56-61(72)67(77)69-59(58-78-68-66(76)65(75)64(74)62(57-70)79-68)63(73)60(71)55-53-51-49-47-45-43-41-39-22-20-18-16-14-12-10-8-6-4-2/h59-66,68,70-76H,3-58H2,1-2H3,(H,69,77). The van der Waals surface area contributed by atoms with Crippen molar-refractivity contribution < 1.29 is 50.0 Å². The van der Waals surface area contributed by atoms with Gasteiger partial charge in [-0.3, -0.25) is 4.79 Å². The van der Waals surface area contributed by atoms with Gasteiger partial charge in [-0.1, -0.05) is 348 Å². The second-order valence-electron chi connectivity index (χ2n) is 25.0. The average molecular weight is 1130 g/mol. The van der Waals surface area contributed by atoms with Crippen molar-refractivity contribution in [2.24, 2.45) is 0 Å². The lowest BCUT2D eigenvalue weighted by molar-refractivity contribution is -0.303. The largest absolute Gasteiger partial charge is 0.394 e. The van der Waals surface area contributed by atoms with Gasteiger partial charge < -0.3 is 50.5 Å². The van der Waals surface area contributed by atoms with Crippen LogP contribution < -0.4 is 5.32 Å². The maximum atomic E-state index is 13.2. The predicted octanol–water partition coefficient (Wildman–Crippen LogP) is 16.5. The molecule has 9 unspecified atom stereocenters. The molecule has 0 bridgehead atoms. The van der Waals surface area contributed by atoms with Crippen LogP contribution in [0.2, 0.25) is 0 Å². The summed E-state index contributed by atoms with van der Waals surface area (Å²) in [7, 11) is 0. The minimum Gasteiger partial charge on any atom is -0.394 e. The minimum atomic E-state index is -1.66. The number of carbonyl (C=O) groups is 1. The van der Waals surface area contributed by atoms with E-state index >= 15 is 0 Å². The first-order chi connectivity index (χ1) is 38.7. The first kappa shape index (κ1) is 76.1. The van der Waals surface area contributed by atoms with E-state index in [1.807, 2.05) is 0 Å². The zero-order valence-corrected chi connectivity index (χ0v) is 52.1. The average Bonchev–Trinajstić information content (AvgIpc) is 3.46. The molecule has 0 aromatic heterocycles. The Hall–Kier alpha value is -0.890. The smallest absolute Gasteiger partial charge is 0.249 e. The molecule has 9 atom stereocenters. The number of amides is 1. The van der Waals surface area contributed by atoms with Crippen molar-refractivity contribution >= 4 is 5.91 Å². The van der Waals surface area contributed by atoms with Crippen molar-refractivity contribution in [2.75, 3.05) is 13.2 Å². The van der Waals surface area contributed by atoms with Crippen LogP contribution in [-0.4, -0.2) is 110 Å². The molecule has 1 aliphatic rings. The monoisotopic (exact) mass is 1130 g/mol. The molecular weight excluding hydrogens is 991 g/mol. The van der Waals surface area contributed by atoms with E-state index in [0.29, 0.717) is 19.3 Å². The highest BCUT2D eigenvalue weighted by atomic mass is 16.7.